The van der Waals surface area contributed by atoms with Gasteiger partial charge in [-0.3, -0.25) is 4.79 Å². The molecular formula is C13H24N2OS. The summed E-state index contributed by atoms with van der Waals surface area (Å²) in [6.07, 6.45) is 2.01. The first-order valence-corrected chi connectivity index (χ1v) is 7.68. The minimum Gasteiger partial charge on any atom is -0.340 e. The van der Waals surface area contributed by atoms with E-state index >= 15 is 0 Å². The van der Waals surface area contributed by atoms with Gasteiger partial charge in [0.25, 0.3) is 0 Å². The molecule has 17 heavy (non-hydrogen) atoms. The van der Waals surface area contributed by atoms with E-state index in [2.05, 4.69) is 31.0 Å². The third-order valence-corrected chi connectivity index (χ3v) is 4.93. The number of nitrogens with one attached hydrogen (secondary N) is 1. The van der Waals surface area contributed by atoms with Crippen molar-refractivity contribution in [3.63, 3.8) is 0 Å². The molecule has 2 aliphatic heterocycles. The molecule has 98 valence electrons. The van der Waals surface area contributed by atoms with Gasteiger partial charge in [-0.1, -0.05) is 13.8 Å². The zero-order valence-corrected chi connectivity index (χ0v) is 11.9. The molecule has 0 aromatic rings. The highest BCUT2D eigenvalue weighted by atomic mass is 32.2. The molecule has 2 saturated heterocycles. The predicted molar refractivity (Wildman–Crippen MR) is 73.3 cm³/mol. The third kappa shape index (κ3) is 3.38. The van der Waals surface area contributed by atoms with Crippen LogP contribution in [0.15, 0.2) is 0 Å². The molecule has 2 aliphatic rings. The van der Waals surface area contributed by atoms with Crippen LogP contribution in [-0.4, -0.2) is 47.0 Å². The molecule has 1 amide bonds. The Bertz CT molecular complexity index is 275. The van der Waals surface area contributed by atoms with Crippen molar-refractivity contribution in [1.82, 2.24) is 10.2 Å². The number of hydrogen-bond donors (Lipinski definition) is 1. The lowest BCUT2D eigenvalue weighted by atomic mass is 9.92. The summed E-state index contributed by atoms with van der Waals surface area (Å²) in [5.74, 6) is 0.658. The summed E-state index contributed by atoms with van der Waals surface area (Å²) in [5, 5.41) is 4.58. The second kappa shape index (κ2) is 5.61. The lowest BCUT2D eigenvalue weighted by molar-refractivity contribution is -0.136. The molecule has 1 N–H and O–H groups in total. The van der Waals surface area contributed by atoms with Crippen LogP contribution in [0.3, 0.4) is 0 Å². The first-order chi connectivity index (χ1) is 8.06. The Morgan fingerprint density at radius 1 is 1.24 bits per heavy atom. The normalized spacial score (nSPS) is 39.1. The van der Waals surface area contributed by atoms with Gasteiger partial charge < -0.3 is 10.2 Å². The zero-order valence-electron chi connectivity index (χ0n) is 11.1. The molecule has 2 fully saturated rings. The number of amides is 1. The molecule has 0 saturated carbocycles. The Labute approximate surface area is 109 Å². The molecule has 0 aromatic carbocycles. The quantitative estimate of drug-likeness (QED) is 0.775. The first-order valence-electron chi connectivity index (χ1n) is 6.74. The van der Waals surface area contributed by atoms with E-state index in [1.807, 2.05) is 11.8 Å². The maximum absolute atomic E-state index is 12.5. The number of piperidine rings is 1. The van der Waals surface area contributed by atoms with E-state index in [1.165, 1.54) is 0 Å². The summed E-state index contributed by atoms with van der Waals surface area (Å²) >= 11 is 2.00. The van der Waals surface area contributed by atoms with Crippen molar-refractivity contribution < 1.29 is 4.79 Å². The highest BCUT2D eigenvalue weighted by Gasteiger charge is 2.32. The Morgan fingerprint density at radius 2 is 1.88 bits per heavy atom. The van der Waals surface area contributed by atoms with Crippen LogP contribution in [0.5, 0.6) is 0 Å². The maximum atomic E-state index is 12.5. The molecule has 2 heterocycles. The van der Waals surface area contributed by atoms with E-state index in [0.717, 1.165) is 32.5 Å². The van der Waals surface area contributed by atoms with Crippen LogP contribution in [0.2, 0.25) is 0 Å². The van der Waals surface area contributed by atoms with Gasteiger partial charge >= 0.3 is 0 Å². The second-order valence-corrected chi connectivity index (χ2v) is 7.46. The van der Waals surface area contributed by atoms with Gasteiger partial charge in [0.05, 0.1) is 0 Å². The highest BCUT2D eigenvalue weighted by Crippen LogP contribution is 2.27. The Hall–Kier alpha value is -0.220. The molecule has 4 heteroatoms. The van der Waals surface area contributed by atoms with Gasteiger partial charge in [-0.05, 0) is 26.3 Å². The Kier molecular flexibility index (Phi) is 4.36. The fourth-order valence-electron chi connectivity index (χ4n) is 2.97. The van der Waals surface area contributed by atoms with Crippen molar-refractivity contribution in [1.29, 1.82) is 0 Å². The van der Waals surface area contributed by atoms with Crippen LogP contribution < -0.4 is 5.32 Å². The zero-order chi connectivity index (χ0) is 12.4. The molecule has 0 spiro atoms. The van der Waals surface area contributed by atoms with Crippen molar-refractivity contribution in [2.45, 2.75) is 50.2 Å². The first kappa shape index (κ1) is 13.2. The van der Waals surface area contributed by atoms with Crippen LogP contribution in [-0.2, 0) is 4.79 Å². The van der Waals surface area contributed by atoms with Crippen LogP contribution in [0.4, 0.5) is 0 Å². The van der Waals surface area contributed by atoms with Crippen molar-refractivity contribution in [3.8, 4) is 0 Å². The van der Waals surface area contributed by atoms with E-state index in [0.29, 0.717) is 22.4 Å². The SMILES string of the molecule is CC1CC(C(=O)N2CC(C)SC(C)C2)CCN1. The van der Waals surface area contributed by atoms with Gasteiger partial charge in [-0.15, -0.1) is 0 Å². The molecule has 0 aromatic heterocycles. The lowest BCUT2D eigenvalue weighted by Gasteiger charge is -2.38. The van der Waals surface area contributed by atoms with E-state index in [4.69, 9.17) is 0 Å². The number of nitrogens with zero attached hydrogens (tertiary/aromatic N) is 1. The molecule has 4 atom stereocenters. The molecule has 0 bridgehead atoms. The summed E-state index contributed by atoms with van der Waals surface area (Å²) < 4.78 is 0. The average Bonchev–Trinajstić information content (AvgIpc) is 2.26. The summed E-state index contributed by atoms with van der Waals surface area (Å²) in [4.78, 5) is 14.6. The minimum absolute atomic E-state index is 0.258. The van der Waals surface area contributed by atoms with E-state index in [9.17, 15) is 4.79 Å². The summed E-state index contributed by atoms with van der Waals surface area (Å²) in [6.45, 7) is 9.50. The predicted octanol–water partition coefficient (Wildman–Crippen LogP) is 1.73. The standard InChI is InChI=1S/C13H24N2OS/c1-9-6-12(4-5-14-9)13(16)15-7-10(2)17-11(3)8-15/h9-12,14H,4-8H2,1-3H3. The molecular weight excluding hydrogens is 232 g/mol. The number of carbonyl (C=O) groups is 1. The number of rotatable bonds is 1. The molecule has 4 unspecified atom stereocenters. The van der Waals surface area contributed by atoms with Gasteiger partial charge in [0.1, 0.15) is 0 Å². The smallest absolute Gasteiger partial charge is 0.225 e. The van der Waals surface area contributed by atoms with E-state index in [1.54, 1.807) is 0 Å². The van der Waals surface area contributed by atoms with Crippen molar-refractivity contribution >= 4 is 17.7 Å². The van der Waals surface area contributed by atoms with E-state index in [-0.39, 0.29) is 5.92 Å². The maximum Gasteiger partial charge on any atom is 0.225 e. The fraction of sp³-hybridized carbons (Fsp3) is 0.923. The van der Waals surface area contributed by atoms with Crippen molar-refractivity contribution in [2.24, 2.45) is 5.92 Å². The molecule has 2 rings (SSSR count). The van der Waals surface area contributed by atoms with Crippen LogP contribution >= 0.6 is 11.8 Å². The van der Waals surface area contributed by atoms with Crippen LogP contribution in [0.1, 0.15) is 33.6 Å². The third-order valence-electron chi connectivity index (χ3n) is 3.70. The fourth-order valence-corrected chi connectivity index (χ4v) is 4.30. The van der Waals surface area contributed by atoms with Gasteiger partial charge in [0.2, 0.25) is 5.91 Å². The van der Waals surface area contributed by atoms with Crippen LogP contribution in [0, 0.1) is 5.92 Å². The monoisotopic (exact) mass is 256 g/mol. The van der Waals surface area contributed by atoms with Gasteiger partial charge in [-0.2, -0.15) is 11.8 Å². The highest BCUT2D eigenvalue weighted by molar-refractivity contribution is 8.00. The number of hydrogen-bond acceptors (Lipinski definition) is 3. The van der Waals surface area contributed by atoms with Crippen LogP contribution in [0.25, 0.3) is 0 Å². The lowest BCUT2D eigenvalue weighted by Crippen LogP contribution is -2.49. The van der Waals surface area contributed by atoms with Gasteiger partial charge in [0.15, 0.2) is 0 Å². The number of carbonyl (C=O) groups excluding carboxylic acids is 1. The Balaban J connectivity index is 1.94. The molecule has 0 radical (unpaired) electrons. The van der Waals surface area contributed by atoms with E-state index < -0.39 is 0 Å². The van der Waals surface area contributed by atoms with Crippen molar-refractivity contribution in [3.05, 3.63) is 0 Å². The topological polar surface area (TPSA) is 32.3 Å². The molecule has 3 nitrogen and oxygen atoms in total. The average molecular weight is 256 g/mol. The molecule has 0 aliphatic carbocycles. The number of thioether (sulfide) groups is 1. The summed E-state index contributed by atoms with van der Waals surface area (Å²) in [7, 11) is 0. The summed E-state index contributed by atoms with van der Waals surface area (Å²) in [5.41, 5.74) is 0. The Morgan fingerprint density at radius 3 is 2.47 bits per heavy atom. The van der Waals surface area contributed by atoms with Gasteiger partial charge in [0, 0.05) is 35.5 Å². The largest absolute Gasteiger partial charge is 0.340 e. The minimum atomic E-state index is 0.258. The van der Waals surface area contributed by atoms with Gasteiger partial charge in [-0.25, -0.2) is 0 Å². The summed E-state index contributed by atoms with van der Waals surface area (Å²) in [6, 6.07) is 0.492. The second-order valence-electron chi connectivity index (χ2n) is 5.58. The van der Waals surface area contributed by atoms with Crippen molar-refractivity contribution in [2.75, 3.05) is 19.6 Å².